The predicted octanol–water partition coefficient (Wildman–Crippen LogP) is 2.77. The number of methoxy groups -OCH3 is 1. The molecule has 130 valence electrons. The van der Waals surface area contributed by atoms with Crippen molar-refractivity contribution in [2.24, 2.45) is 0 Å². The van der Waals surface area contributed by atoms with Crippen molar-refractivity contribution in [2.75, 3.05) is 20.7 Å². The highest BCUT2D eigenvalue weighted by Gasteiger charge is 2.23. The highest BCUT2D eigenvalue weighted by molar-refractivity contribution is 6.06. The molecule has 0 aliphatic heterocycles. The van der Waals surface area contributed by atoms with Crippen molar-refractivity contribution in [3.63, 3.8) is 0 Å². The van der Waals surface area contributed by atoms with Crippen molar-refractivity contribution >= 4 is 22.6 Å². The minimum atomic E-state index is -0.933. The minimum absolute atomic E-state index is 0.228. The summed E-state index contributed by atoms with van der Waals surface area (Å²) >= 11 is 0. The Balaban J connectivity index is 2.20. The molecule has 0 N–H and O–H groups in total. The van der Waals surface area contributed by atoms with E-state index in [0.717, 1.165) is 5.39 Å². The van der Waals surface area contributed by atoms with Crippen LogP contribution in [0.5, 0.6) is 5.75 Å². The molecular formula is C19H20N2O4. The molecule has 0 saturated heterocycles. The summed E-state index contributed by atoms with van der Waals surface area (Å²) in [7, 11) is 3.14. The van der Waals surface area contributed by atoms with E-state index in [-0.39, 0.29) is 12.3 Å². The molecule has 0 bridgehead atoms. The third-order valence-electron chi connectivity index (χ3n) is 3.89. The summed E-state index contributed by atoms with van der Waals surface area (Å²) in [5.41, 5.74) is 0.371. The molecule has 6 nitrogen and oxygen atoms in total. The first kappa shape index (κ1) is 18.3. The fourth-order valence-corrected chi connectivity index (χ4v) is 2.54. The number of nitriles is 1. The lowest BCUT2D eigenvalue weighted by Gasteiger charge is -2.20. The van der Waals surface area contributed by atoms with Crippen LogP contribution in [-0.4, -0.2) is 43.6 Å². The van der Waals surface area contributed by atoms with Gasteiger partial charge in [0.05, 0.1) is 25.2 Å². The zero-order chi connectivity index (χ0) is 18.4. The fourth-order valence-electron chi connectivity index (χ4n) is 2.54. The lowest BCUT2D eigenvalue weighted by Crippen LogP contribution is -2.37. The molecule has 0 heterocycles. The molecule has 2 aromatic rings. The molecule has 0 spiro atoms. The summed E-state index contributed by atoms with van der Waals surface area (Å²) in [6.07, 6.45) is -0.705. The maximum Gasteiger partial charge on any atom is 0.339 e. The van der Waals surface area contributed by atoms with Crippen LogP contribution in [0.2, 0.25) is 0 Å². The number of hydrogen-bond acceptors (Lipinski definition) is 5. The maximum absolute atomic E-state index is 12.5. The van der Waals surface area contributed by atoms with Gasteiger partial charge in [0.25, 0.3) is 5.91 Å². The van der Waals surface area contributed by atoms with Crippen molar-refractivity contribution in [3.8, 4) is 11.8 Å². The SMILES string of the molecule is COc1ccc(C(=O)O[C@@H](C)C(=O)N(C)CCC#N)c2ccccc12. The van der Waals surface area contributed by atoms with Crippen LogP contribution in [0.15, 0.2) is 36.4 Å². The molecular weight excluding hydrogens is 320 g/mol. The molecule has 1 amide bonds. The van der Waals surface area contributed by atoms with E-state index in [1.54, 1.807) is 32.4 Å². The smallest absolute Gasteiger partial charge is 0.339 e. The van der Waals surface area contributed by atoms with Gasteiger partial charge in [-0.15, -0.1) is 0 Å². The standard InChI is InChI=1S/C19H20N2O4/c1-13(18(22)21(2)12-6-11-20)25-19(23)16-9-10-17(24-3)15-8-5-4-7-14(15)16/h4-5,7-10,13H,6,12H2,1-3H3/t13-/m0/s1. The van der Waals surface area contributed by atoms with E-state index >= 15 is 0 Å². The van der Waals surface area contributed by atoms with Crippen molar-refractivity contribution in [3.05, 3.63) is 42.0 Å². The molecule has 0 fully saturated rings. The van der Waals surface area contributed by atoms with E-state index < -0.39 is 12.1 Å². The Hall–Kier alpha value is -3.07. The summed E-state index contributed by atoms with van der Waals surface area (Å²) in [5, 5.41) is 10.1. The van der Waals surface area contributed by atoms with Gasteiger partial charge in [0.15, 0.2) is 6.10 Å². The third-order valence-corrected chi connectivity index (χ3v) is 3.89. The summed E-state index contributed by atoms with van der Waals surface area (Å²) in [4.78, 5) is 26.1. The molecule has 6 heteroatoms. The first-order chi connectivity index (χ1) is 12.0. The summed E-state index contributed by atoms with van der Waals surface area (Å²) in [5.74, 6) is -0.262. The number of benzene rings is 2. The van der Waals surface area contributed by atoms with Crippen molar-refractivity contribution in [2.45, 2.75) is 19.4 Å². The third kappa shape index (κ3) is 4.07. The fraction of sp³-hybridized carbons (Fsp3) is 0.316. The lowest BCUT2D eigenvalue weighted by molar-refractivity contribution is -0.138. The van der Waals surface area contributed by atoms with Gasteiger partial charge in [-0.2, -0.15) is 5.26 Å². The van der Waals surface area contributed by atoms with Gasteiger partial charge in [-0.25, -0.2) is 4.79 Å². The monoisotopic (exact) mass is 340 g/mol. The molecule has 0 unspecified atom stereocenters. The van der Waals surface area contributed by atoms with Gasteiger partial charge in [-0.3, -0.25) is 4.79 Å². The second-order valence-electron chi connectivity index (χ2n) is 5.58. The number of ether oxygens (including phenoxy) is 2. The normalized spacial score (nSPS) is 11.4. The van der Waals surface area contributed by atoms with Crippen LogP contribution < -0.4 is 4.74 Å². The molecule has 2 rings (SSSR count). The Bertz CT molecular complexity index is 826. The Labute approximate surface area is 146 Å². The van der Waals surface area contributed by atoms with Gasteiger partial charge < -0.3 is 14.4 Å². The average molecular weight is 340 g/mol. The summed E-state index contributed by atoms with van der Waals surface area (Å²) < 4.78 is 10.6. The van der Waals surface area contributed by atoms with Gasteiger partial charge in [-0.1, -0.05) is 24.3 Å². The van der Waals surface area contributed by atoms with Gasteiger partial charge in [-0.05, 0) is 24.4 Å². The first-order valence-corrected chi connectivity index (χ1v) is 7.88. The number of rotatable bonds is 6. The van der Waals surface area contributed by atoms with E-state index in [4.69, 9.17) is 14.7 Å². The van der Waals surface area contributed by atoms with Gasteiger partial charge in [0.1, 0.15) is 5.75 Å². The largest absolute Gasteiger partial charge is 0.496 e. The number of amides is 1. The topological polar surface area (TPSA) is 79.6 Å². The van der Waals surface area contributed by atoms with Crippen LogP contribution in [0.3, 0.4) is 0 Å². The van der Waals surface area contributed by atoms with Crippen LogP contribution in [-0.2, 0) is 9.53 Å². The van der Waals surface area contributed by atoms with Gasteiger partial charge in [0, 0.05) is 19.0 Å². The summed E-state index contributed by atoms with van der Waals surface area (Å²) in [6.45, 7) is 1.82. The molecule has 0 saturated carbocycles. The Morgan fingerprint density at radius 3 is 2.52 bits per heavy atom. The van der Waals surface area contributed by atoms with Crippen molar-refractivity contribution < 1.29 is 19.1 Å². The van der Waals surface area contributed by atoms with Crippen LogP contribution in [0.25, 0.3) is 10.8 Å². The van der Waals surface area contributed by atoms with Crippen molar-refractivity contribution in [1.82, 2.24) is 4.90 Å². The van der Waals surface area contributed by atoms with E-state index in [2.05, 4.69) is 0 Å². The Kier molecular flexibility index (Phi) is 5.96. The number of nitrogens with zero attached hydrogens (tertiary/aromatic N) is 2. The quantitative estimate of drug-likeness (QED) is 0.756. The second-order valence-corrected chi connectivity index (χ2v) is 5.58. The molecule has 0 aliphatic rings. The van der Waals surface area contributed by atoms with E-state index in [1.165, 1.54) is 11.8 Å². The number of carbonyl (C=O) groups excluding carboxylic acids is 2. The zero-order valence-corrected chi connectivity index (χ0v) is 14.5. The second kappa shape index (κ2) is 8.15. The molecule has 2 aromatic carbocycles. The minimum Gasteiger partial charge on any atom is -0.496 e. The van der Waals surface area contributed by atoms with Crippen LogP contribution >= 0.6 is 0 Å². The van der Waals surface area contributed by atoms with Gasteiger partial charge >= 0.3 is 5.97 Å². The predicted molar refractivity (Wildman–Crippen MR) is 93.2 cm³/mol. The van der Waals surface area contributed by atoms with Crippen molar-refractivity contribution in [1.29, 1.82) is 5.26 Å². The van der Waals surface area contributed by atoms with Crippen LogP contribution in [0, 0.1) is 11.3 Å². The number of carbonyl (C=O) groups is 2. The maximum atomic E-state index is 12.5. The first-order valence-electron chi connectivity index (χ1n) is 7.88. The Morgan fingerprint density at radius 1 is 1.20 bits per heavy atom. The molecule has 0 radical (unpaired) electrons. The number of fused-ring (bicyclic) bond motifs is 1. The number of esters is 1. The van der Waals surface area contributed by atoms with Gasteiger partial charge in [0.2, 0.25) is 0 Å². The number of hydrogen-bond donors (Lipinski definition) is 0. The van der Waals surface area contributed by atoms with E-state index in [9.17, 15) is 9.59 Å². The van der Waals surface area contributed by atoms with Crippen LogP contribution in [0.1, 0.15) is 23.7 Å². The molecule has 25 heavy (non-hydrogen) atoms. The highest BCUT2D eigenvalue weighted by Crippen LogP contribution is 2.28. The zero-order valence-electron chi connectivity index (χ0n) is 14.5. The molecule has 0 aliphatic carbocycles. The van der Waals surface area contributed by atoms with Crippen LogP contribution in [0.4, 0.5) is 0 Å². The van der Waals surface area contributed by atoms with E-state index in [1.807, 2.05) is 24.3 Å². The Morgan fingerprint density at radius 2 is 1.88 bits per heavy atom. The highest BCUT2D eigenvalue weighted by atomic mass is 16.5. The number of likely N-dealkylation sites (N-methyl/N-ethyl adjacent to an activating group) is 1. The summed E-state index contributed by atoms with van der Waals surface area (Å²) in [6, 6.07) is 12.6. The lowest BCUT2D eigenvalue weighted by atomic mass is 10.0. The van der Waals surface area contributed by atoms with E-state index in [0.29, 0.717) is 23.2 Å². The molecule has 1 atom stereocenters. The average Bonchev–Trinajstić information content (AvgIpc) is 2.64. The molecule has 0 aromatic heterocycles.